The first-order chi connectivity index (χ1) is 11.3. The summed E-state index contributed by atoms with van der Waals surface area (Å²) in [4.78, 5) is 9.26. The van der Waals surface area contributed by atoms with Crippen molar-refractivity contribution in [3.63, 3.8) is 0 Å². The van der Waals surface area contributed by atoms with Crippen LogP contribution in [0.3, 0.4) is 0 Å². The van der Waals surface area contributed by atoms with Crippen molar-refractivity contribution in [2.75, 3.05) is 0 Å². The van der Waals surface area contributed by atoms with Crippen LogP contribution in [-0.2, 0) is 5.41 Å². The first kappa shape index (κ1) is 14.8. The van der Waals surface area contributed by atoms with E-state index >= 15 is 0 Å². The average molecular weight is 320 g/mol. The number of rotatable bonds is 1. The van der Waals surface area contributed by atoms with Crippen LogP contribution in [0, 0.1) is 13.8 Å². The fourth-order valence-corrected chi connectivity index (χ4v) is 2.68. The Kier molecular flexibility index (Phi) is 3.00. The van der Waals surface area contributed by atoms with Crippen molar-refractivity contribution in [2.24, 2.45) is 0 Å². The monoisotopic (exact) mass is 320 g/mol. The van der Waals surface area contributed by atoms with Crippen LogP contribution in [0.15, 0.2) is 30.7 Å². The number of hydrogen-bond acceptors (Lipinski definition) is 4. The van der Waals surface area contributed by atoms with E-state index in [0.29, 0.717) is 0 Å². The van der Waals surface area contributed by atoms with Crippen molar-refractivity contribution in [1.29, 1.82) is 0 Å². The predicted molar refractivity (Wildman–Crippen MR) is 93.6 cm³/mol. The molecule has 6 nitrogen and oxygen atoms in total. The molecule has 0 atom stereocenters. The van der Waals surface area contributed by atoms with Gasteiger partial charge in [-0.25, -0.2) is 19.2 Å². The van der Waals surface area contributed by atoms with E-state index in [9.17, 15) is 0 Å². The van der Waals surface area contributed by atoms with E-state index in [1.165, 1.54) is 11.1 Å². The van der Waals surface area contributed by atoms with Gasteiger partial charge in [-0.3, -0.25) is 0 Å². The number of benzene rings is 1. The van der Waals surface area contributed by atoms with Gasteiger partial charge in [0.2, 0.25) is 0 Å². The quantitative estimate of drug-likeness (QED) is 0.539. The van der Waals surface area contributed by atoms with Crippen molar-refractivity contribution in [1.82, 2.24) is 29.4 Å². The lowest BCUT2D eigenvalue weighted by Crippen LogP contribution is -2.13. The van der Waals surface area contributed by atoms with Crippen molar-refractivity contribution in [2.45, 2.75) is 40.0 Å². The van der Waals surface area contributed by atoms with Gasteiger partial charge in [0, 0.05) is 5.41 Å². The second kappa shape index (κ2) is 4.87. The molecule has 0 radical (unpaired) electrons. The second-order valence-electron chi connectivity index (χ2n) is 7.26. The van der Waals surface area contributed by atoms with E-state index in [-0.39, 0.29) is 5.41 Å². The maximum Gasteiger partial charge on any atom is 0.170 e. The Morgan fingerprint density at radius 2 is 1.79 bits per heavy atom. The van der Waals surface area contributed by atoms with Gasteiger partial charge in [0.25, 0.3) is 0 Å². The van der Waals surface area contributed by atoms with Crippen molar-refractivity contribution >= 4 is 16.7 Å². The van der Waals surface area contributed by atoms with E-state index in [0.717, 1.165) is 28.2 Å². The number of hydrogen-bond donors (Lipinski definition) is 0. The molecule has 3 aromatic heterocycles. The molecule has 4 rings (SSSR count). The number of fused-ring (bicyclic) bond motifs is 3. The molecular weight excluding hydrogens is 300 g/mol. The zero-order valence-electron chi connectivity index (χ0n) is 14.6. The Balaban J connectivity index is 1.95. The van der Waals surface area contributed by atoms with Gasteiger partial charge in [-0.2, -0.15) is 5.10 Å². The molecule has 0 bridgehead atoms. The summed E-state index contributed by atoms with van der Waals surface area (Å²) in [5.74, 6) is 0.802. The summed E-state index contributed by atoms with van der Waals surface area (Å²) in [5.41, 5.74) is 4.97. The van der Waals surface area contributed by atoms with Gasteiger partial charge in [-0.1, -0.05) is 26.8 Å². The summed E-state index contributed by atoms with van der Waals surface area (Å²) >= 11 is 0. The third-order valence-corrected chi connectivity index (χ3v) is 4.31. The lowest BCUT2D eigenvalue weighted by atomic mass is 9.96. The van der Waals surface area contributed by atoms with Crippen LogP contribution in [-0.4, -0.2) is 29.4 Å². The third-order valence-electron chi connectivity index (χ3n) is 4.31. The molecular formula is C18H20N6. The summed E-state index contributed by atoms with van der Waals surface area (Å²) in [6.07, 6.45) is 3.52. The molecule has 0 saturated carbocycles. The SMILES string of the molecule is Cc1ccc(-n2ncc3c2ncn2nc(C(C)(C)C)nc32)cc1C. The van der Waals surface area contributed by atoms with Crippen molar-refractivity contribution in [3.8, 4) is 5.69 Å². The minimum absolute atomic E-state index is 0.109. The highest BCUT2D eigenvalue weighted by Gasteiger charge is 2.21. The Morgan fingerprint density at radius 3 is 2.50 bits per heavy atom. The maximum absolute atomic E-state index is 4.71. The third kappa shape index (κ3) is 2.18. The largest absolute Gasteiger partial charge is 0.216 e. The van der Waals surface area contributed by atoms with Crippen LogP contribution < -0.4 is 0 Å². The van der Waals surface area contributed by atoms with Crippen LogP contribution in [0.25, 0.3) is 22.4 Å². The minimum Gasteiger partial charge on any atom is -0.216 e. The lowest BCUT2D eigenvalue weighted by Gasteiger charge is -2.11. The second-order valence-corrected chi connectivity index (χ2v) is 7.26. The zero-order chi connectivity index (χ0) is 17.1. The van der Waals surface area contributed by atoms with Crippen LogP contribution in [0.4, 0.5) is 0 Å². The molecule has 0 aliphatic heterocycles. The molecule has 1 aromatic carbocycles. The van der Waals surface area contributed by atoms with Gasteiger partial charge in [0.1, 0.15) is 6.33 Å². The first-order valence-electron chi connectivity index (χ1n) is 8.02. The highest BCUT2D eigenvalue weighted by Crippen LogP contribution is 2.24. The van der Waals surface area contributed by atoms with Gasteiger partial charge in [-0.05, 0) is 37.1 Å². The molecule has 24 heavy (non-hydrogen) atoms. The van der Waals surface area contributed by atoms with E-state index in [1.54, 1.807) is 10.8 Å². The van der Waals surface area contributed by atoms with E-state index in [1.807, 2.05) is 10.9 Å². The molecule has 4 aromatic rings. The number of nitrogens with zero attached hydrogens (tertiary/aromatic N) is 6. The van der Waals surface area contributed by atoms with E-state index in [4.69, 9.17) is 4.98 Å². The van der Waals surface area contributed by atoms with Gasteiger partial charge in [0.15, 0.2) is 17.1 Å². The average Bonchev–Trinajstić information content (AvgIpc) is 3.12. The molecule has 0 fully saturated rings. The minimum atomic E-state index is -0.109. The molecule has 0 N–H and O–H groups in total. The zero-order valence-corrected chi connectivity index (χ0v) is 14.6. The van der Waals surface area contributed by atoms with Gasteiger partial charge in [-0.15, -0.1) is 5.10 Å². The summed E-state index contributed by atoms with van der Waals surface area (Å²) in [6, 6.07) is 6.29. The molecule has 0 saturated heterocycles. The number of aromatic nitrogens is 6. The maximum atomic E-state index is 4.71. The molecule has 0 aliphatic carbocycles. The summed E-state index contributed by atoms with van der Waals surface area (Å²) in [7, 11) is 0. The smallest absolute Gasteiger partial charge is 0.170 e. The van der Waals surface area contributed by atoms with Gasteiger partial charge < -0.3 is 0 Å². The normalized spacial score (nSPS) is 12.4. The highest BCUT2D eigenvalue weighted by atomic mass is 15.3. The van der Waals surface area contributed by atoms with Crippen molar-refractivity contribution in [3.05, 3.63) is 47.7 Å². The molecule has 0 unspecified atom stereocenters. The molecule has 3 heterocycles. The van der Waals surface area contributed by atoms with Crippen LogP contribution in [0.5, 0.6) is 0 Å². The van der Waals surface area contributed by atoms with E-state index in [2.05, 4.69) is 68.0 Å². The van der Waals surface area contributed by atoms with Crippen LogP contribution in [0.1, 0.15) is 37.7 Å². The Bertz CT molecular complexity index is 1060. The highest BCUT2D eigenvalue weighted by molar-refractivity contribution is 5.89. The Morgan fingerprint density at radius 1 is 1.00 bits per heavy atom. The Labute approximate surface area is 140 Å². The molecule has 0 aliphatic rings. The fraction of sp³-hybridized carbons (Fsp3) is 0.333. The predicted octanol–water partition coefficient (Wildman–Crippen LogP) is 3.38. The molecule has 122 valence electrons. The standard InChI is InChI=1S/C18H20N6/c1-11-6-7-13(8-12(11)2)24-15-14(9-20-24)16-21-17(18(3,4)5)22-23(16)10-19-15/h6-10H,1-5H3. The summed E-state index contributed by atoms with van der Waals surface area (Å²) in [5, 5.41) is 9.98. The van der Waals surface area contributed by atoms with Gasteiger partial charge >= 0.3 is 0 Å². The lowest BCUT2D eigenvalue weighted by molar-refractivity contribution is 0.545. The number of aryl methyl sites for hydroxylation is 2. The topological polar surface area (TPSA) is 60.9 Å². The first-order valence-corrected chi connectivity index (χ1v) is 8.02. The fourth-order valence-electron chi connectivity index (χ4n) is 2.68. The molecule has 0 amide bonds. The molecule has 6 heteroatoms. The van der Waals surface area contributed by atoms with Crippen LogP contribution >= 0.6 is 0 Å². The Hall–Kier alpha value is -2.76. The summed E-state index contributed by atoms with van der Waals surface area (Å²) < 4.78 is 3.59. The van der Waals surface area contributed by atoms with E-state index < -0.39 is 0 Å². The summed E-state index contributed by atoms with van der Waals surface area (Å²) in [6.45, 7) is 10.5. The molecule has 0 spiro atoms. The van der Waals surface area contributed by atoms with Gasteiger partial charge in [0.05, 0.1) is 17.3 Å². The van der Waals surface area contributed by atoms with Crippen LogP contribution in [0.2, 0.25) is 0 Å². The van der Waals surface area contributed by atoms with Crippen molar-refractivity contribution < 1.29 is 0 Å².